The van der Waals surface area contributed by atoms with E-state index in [2.05, 4.69) is 12.2 Å². The van der Waals surface area contributed by atoms with Gasteiger partial charge in [0.1, 0.15) is 5.75 Å². The van der Waals surface area contributed by atoms with Gasteiger partial charge in [-0.2, -0.15) is 0 Å². The summed E-state index contributed by atoms with van der Waals surface area (Å²) in [6.07, 6.45) is 8.70. The molecular weight excluding hydrogens is 366 g/mol. The first-order valence-electron chi connectivity index (χ1n) is 11.0. The lowest BCUT2D eigenvalue weighted by atomic mass is 9.48. The summed E-state index contributed by atoms with van der Waals surface area (Å²) in [5, 5.41) is 3.15. The van der Waals surface area contributed by atoms with Crippen LogP contribution < -0.4 is 10.1 Å². The van der Waals surface area contributed by atoms with Crippen molar-refractivity contribution in [3.05, 3.63) is 29.8 Å². The molecule has 158 valence electrons. The quantitative estimate of drug-likeness (QED) is 0.674. The zero-order chi connectivity index (χ0) is 20.4. The largest absolute Gasteiger partial charge is 0.496 e. The van der Waals surface area contributed by atoms with Gasteiger partial charge in [-0.3, -0.25) is 9.59 Å². The molecule has 4 saturated carbocycles. The predicted octanol–water partition coefficient (Wildman–Crippen LogP) is 3.89. The second-order valence-corrected chi connectivity index (χ2v) is 9.54. The van der Waals surface area contributed by atoms with E-state index in [1.165, 1.54) is 38.5 Å². The zero-order valence-electron chi connectivity index (χ0n) is 17.6. The Labute approximate surface area is 173 Å². The van der Waals surface area contributed by atoms with Crippen molar-refractivity contribution in [3.8, 4) is 5.75 Å². The summed E-state index contributed by atoms with van der Waals surface area (Å²) in [6.45, 7) is 1.95. The molecule has 4 aliphatic carbocycles. The highest BCUT2D eigenvalue weighted by atomic mass is 16.5. The van der Waals surface area contributed by atoms with E-state index in [4.69, 9.17) is 9.47 Å². The van der Waals surface area contributed by atoms with Crippen LogP contribution in [0.3, 0.4) is 0 Å². The molecule has 0 unspecified atom stereocenters. The zero-order valence-corrected chi connectivity index (χ0v) is 17.6. The van der Waals surface area contributed by atoms with Crippen molar-refractivity contribution in [2.45, 2.75) is 64.3 Å². The molecule has 0 spiro atoms. The van der Waals surface area contributed by atoms with E-state index < -0.39 is 0 Å². The van der Waals surface area contributed by atoms with E-state index in [0.717, 1.165) is 29.1 Å². The van der Waals surface area contributed by atoms with Crippen molar-refractivity contribution in [1.29, 1.82) is 0 Å². The summed E-state index contributed by atoms with van der Waals surface area (Å²) in [4.78, 5) is 24.5. The van der Waals surface area contributed by atoms with Crippen LogP contribution in [-0.2, 0) is 20.7 Å². The summed E-state index contributed by atoms with van der Waals surface area (Å²) < 4.78 is 10.5. The van der Waals surface area contributed by atoms with Gasteiger partial charge in [-0.1, -0.05) is 18.2 Å². The number of ether oxygens (including phenoxy) is 2. The molecule has 5 heteroatoms. The molecular formula is C24H33NO4. The minimum Gasteiger partial charge on any atom is -0.496 e. The maximum absolute atomic E-state index is 12.4. The highest BCUT2D eigenvalue weighted by molar-refractivity contribution is 5.80. The molecule has 1 aromatic carbocycles. The maximum Gasteiger partial charge on any atom is 0.306 e. The molecule has 1 aromatic rings. The Morgan fingerprint density at radius 2 is 1.72 bits per heavy atom. The van der Waals surface area contributed by atoms with Crippen molar-refractivity contribution < 1.29 is 19.1 Å². The van der Waals surface area contributed by atoms with Gasteiger partial charge in [0.25, 0.3) is 5.91 Å². The number of carbonyl (C=O) groups excluding carboxylic acids is 2. The number of methoxy groups -OCH3 is 1. The van der Waals surface area contributed by atoms with Gasteiger partial charge < -0.3 is 14.8 Å². The van der Waals surface area contributed by atoms with Crippen LogP contribution in [0, 0.1) is 23.2 Å². The summed E-state index contributed by atoms with van der Waals surface area (Å²) in [5.74, 6) is 2.80. The SMILES string of the molecule is COc1ccccc1CCC(=O)OCC(=O)N[C@@H](C)C12CC3CC(CC(C3)C1)C2. The first-order valence-corrected chi connectivity index (χ1v) is 11.0. The fourth-order valence-electron chi connectivity index (χ4n) is 6.51. The molecule has 4 bridgehead atoms. The number of esters is 1. The van der Waals surface area contributed by atoms with Crippen LogP contribution in [0.4, 0.5) is 0 Å². The standard InChI is InChI=1S/C24H33NO4/c1-16(24-12-17-9-18(13-24)11-19(10-17)14-24)25-22(26)15-29-23(27)8-7-20-5-3-4-6-21(20)28-2/h3-6,16-19H,7-15H2,1-2H3,(H,25,26)/t16-,17?,18?,19?,24?/m0/s1. The van der Waals surface area contributed by atoms with Crippen molar-refractivity contribution in [1.82, 2.24) is 5.32 Å². The first kappa shape index (κ1) is 20.2. The van der Waals surface area contributed by atoms with Gasteiger partial charge in [-0.05, 0) is 86.7 Å². The van der Waals surface area contributed by atoms with Gasteiger partial charge in [-0.15, -0.1) is 0 Å². The van der Waals surface area contributed by atoms with E-state index >= 15 is 0 Å². The average molecular weight is 400 g/mol. The summed E-state index contributed by atoms with van der Waals surface area (Å²) in [7, 11) is 1.62. The van der Waals surface area contributed by atoms with Crippen LogP contribution in [0.1, 0.15) is 57.4 Å². The lowest BCUT2D eigenvalue weighted by Gasteiger charge is -2.59. The van der Waals surface area contributed by atoms with E-state index in [1.54, 1.807) is 7.11 Å². The molecule has 0 aromatic heterocycles. The van der Waals surface area contributed by atoms with E-state index in [-0.39, 0.29) is 36.4 Å². The van der Waals surface area contributed by atoms with Gasteiger partial charge in [0.15, 0.2) is 6.61 Å². The Bertz CT molecular complexity index is 724. The second-order valence-electron chi connectivity index (χ2n) is 9.54. The summed E-state index contributed by atoms with van der Waals surface area (Å²) in [6, 6.07) is 7.78. The molecule has 0 aliphatic heterocycles. The Morgan fingerprint density at radius 3 is 2.34 bits per heavy atom. The molecule has 4 fully saturated rings. The Morgan fingerprint density at radius 1 is 1.10 bits per heavy atom. The molecule has 5 rings (SSSR count). The highest BCUT2D eigenvalue weighted by Crippen LogP contribution is 2.61. The monoisotopic (exact) mass is 399 g/mol. The molecule has 1 amide bonds. The predicted molar refractivity (Wildman–Crippen MR) is 110 cm³/mol. The van der Waals surface area contributed by atoms with Gasteiger partial charge in [0.2, 0.25) is 0 Å². The van der Waals surface area contributed by atoms with Crippen LogP contribution >= 0.6 is 0 Å². The summed E-state index contributed by atoms with van der Waals surface area (Å²) >= 11 is 0. The second kappa shape index (κ2) is 8.37. The van der Waals surface area contributed by atoms with Crippen molar-refractivity contribution in [2.24, 2.45) is 23.2 Å². The van der Waals surface area contributed by atoms with Crippen LogP contribution in [0.15, 0.2) is 24.3 Å². The fourth-order valence-corrected chi connectivity index (χ4v) is 6.51. The molecule has 0 heterocycles. The van der Waals surface area contributed by atoms with Crippen molar-refractivity contribution >= 4 is 11.9 Å². The lowest BCUT2D eigenvalue weighted by Crippen LogP contribution is -2.56. The fraction of sp³-hybridized carbons (Fsp3) is 0.667. The maximum atomic E-state index is 12.4. The van der Waals surface area contributed by atoms with Crippen LogP contribution in [-0.4, -0.2) is 31.6 Å². The van der Waals surface area contributed by atoms with Crippen molar-refractivity contribution in [3.63, 3.8) is 0 Å². The van der Waals surface area contributed by atoms with Gasteiger partial charge in [0.05, 0.1) is 7.11 Å². The molecule has 5 nitrogen and oxygen atoms in total. The van der Waals surface area contributed by atoms with Gasteiger partial charge >= 0.3 is 5.97 Å². The number of para-hydroxylation sites is 1. The molecule has 0 saturated heterocycles. The van der Waals surface area contributed by atoms with Crippen molar-refractivity contribution in [2.75, 3.05) is 13.7 Å². The number of aryl methyl sites for hydroxylation is 1. The topological polar surface area (TPSA) is 64.6 Å². The van der Waals surface area contributed by atoms with E-state index in [0.29, 0.717) is 6.42 Å². The Hall–Kier alpha value is -2.04. The summed E-state index contributed by atoms with van der Waals surface area (Å²) in [5.41, 5.74) is 1.23. The molecule has 1 atom stereocenters. The molecule has 4 aliphatic rings. The number of hydrogen-bond donors (Lipinski definition) is 1. The molecule has 0 radical (unpaired) electrons. The average Bonchev–Trinajstić information content (AvgIpc) is 2.70. The van der Waals surface area contributed by atoms with E-state index in [1.807, 2.05) is 24.3 Å². The minimum absolute atomic E-state index is 0.149. The number of nitrogens with one attached hydrogen (secondary N) is 1. The normalized spacial score (nSPS) is 30.6. The highest BCUT2D eigenvalue weighted by Gasteiger charge is 2.53. The minimum atomic E-state index is -0.353. The van der Waals surface area contributed by atoms with Gasteiger partial charge in [-0.25, -0.2) is 0 Å². The smallest absolute Gasteiger partial charge is 0.306 e. The lowest BCUT2D eigenvalue weighted by molar-refractivity contribution is -0.149. The van der Waals surface area contributed by atoms with Gasteiger partial charge in [0, 0.05) is 12.5 Å². The van der Waals surface area contributed by atoms with Crippen LogP contribution in [0.5, 0.6) is 5.75 Å². The van der Waals surface area contributed by atoms with Crippen LogP contribution in [0.2, 0.25) is 0 Å². The first-order chi connectivity index (χ1) is 14.0. The third kappa shape index (κ3) is 4.44. The molecule has 1 N–H and O–H groups in total. The Balaban J connectivity index is 1.22. The van der Waals surface area contributed by atoms with Crippen LogP contribution in [0.25, 0.3) is 0 Å². The number of rotatable bonds is 8. The number of benzene rings is 1. The third-order valence-electron chi connectivity index (χ3n) is 7.54. The Kier molecular flexibility index (Phi) is 5.84. The number of hydrogen-bond acceptors (Lipinski definition) is 4. The van der Waals surface area contributed by atoms with E-state index in [9.17, 15) is 9.59 Å². The third-order valence-corrected chi connectivity index (χ3v) is 7.54. The molecule has 29 heavy (non-hydrogen) atoms. The number of amides is 1. The number of carbonyl (C=O) groups is 2.